The van der Waals surface area contributed by atoms with Crippen molar-refractivity contribution in [2.24, 2.45) is 0 Å². The van der Waals surface area contributed by atoms with Gasteiger partial charge in [-0.15, -0.1) is 0 Å². The Morgan fingerprint density at radius 2 is 2.06 bits per heavy atom. The first kappa shape index (κ1) is 12.6. The molecule has 1 aliphatic rings. The van der Waals surface area contributed by atoms with Gasteiger partial charge in [-0.1, -0.05) is 0 Å². The lowest BCUT2D eigenvalue weighted by molar-refractivity contribution is 0.0122. The second kappa shape index (κ2) is 4.60. The molecule has 0 aromatic carbocycles. The van der Waals surface area contributed by atoms with Crippen LogP contribution in [0.25, 0.3) is 0 Å². The SMILES string of the molecule is CC1CN(C(=O)OC(C)(C)C)CCN1C#N. The molecule has 0 bridgehead atoms. The summed E-state index contributed by atoms with van der Waals surface area (Å²) in [6.07, 6.45) is 1.82. The molecular formula is C11H19N3O2. The van der Waals surface area contributed by atoms with Gasteiger partial charge in [-0.25, -0.2) is 4.79 Å². The summed E-state index contributed by atoms with van der Waals surface area (Å²) in [5.74, 6) is 0. The highest BCUT2D eigenvalue weighted by Crippen LogP contribution is 2.14. The fourth-order valence-corrected chi connectivity index (χ4v) is 1.60. The molecule has 16 heavy (non-hydrogen) atoms. The third kappa shape index (κ3) is 3.30. The topological polar surface area (TPSA) is 56.6 Å². The van der Waals surface area contributed by atoms with E-state index >= 15 is 0 Å². The molecule has 0 saturated carbocycles. The summed E-state index contributed by atoms with van der Waals surface area (Å²) in [5.41, 5.74) is -0.466. The summed E-state index contributed by atoms with van der Waals surface area (Å²) in [5, 5.41) is 8.81. The third-order valence-electron chi connectivity index (χ3n) is 2.41. The molecule has 1 atom stereocenters. The van der Waals surface area contributed by atoms with Gasteiger partial charge in [-0.05, 0) is 27.7 Å². The van der Waals surface area contributed by atoms with E-state index in [2.05, 4.69) is 6.19 Å². The van der Waals surface area contributed by atoms with E-state index in [1.807, 2.05) is 27.7 Å². The monoisotopic (exact) mass is 225 g/mol. The van der Waals surface area contributed by atoms with Gasteiger partial charge in [0.25, 0.3) is 0 Å². The van der Waals surface area contributed by atoms with Gasteiger partial charge in [0.05, 0.1) is 6.04 Å². The molecule has 0 spiro atoms. The molecule has 0 aromatic heterocycles. The molecule has 0 N–H and O–H groups in total. The van der Waals surface area contributed by atoms with Crippen molar-refractivity contribution < 1.29 is 9.53 Å². The van der Waals surface area contributed by atoms with Crippen molar-refractivity contribution in [2.45, 2.75) is 39.3 Å². The number of carbonyl (C=O) groups is 1. The van der Waals surface area contributed by atoms with Crippen molar-refractivity contribution in [3.05, 3.63) is 0 Å². The summed E-state index contributed by atoms with van der Waals surface area (Å²) in [7, 11) is 0. The van der Waals surface area contributed by atoms with Crippen LogP contribution >= 0.6 is 0 Å². The van der Waals surface area contributed by atoms with Gasteiger partial charge >= 0.3 is 6.09 Å². The van der Waals surface area contributed by atoms with Crippen LogP contribution in [0.2, 0.25) is 0 Å². The Hall–Kier alpha value is -1.44. The van der Waals surface area contributed by atoms with Crippen molar-refractivity contribution in [1.29, 1.82) is 5.26 Å². The second-order valence-corrected chi connectivity index (χ2v) is 5.07. The summed E-state index contributed by atoms with van der Waals surface area (Å²) < 4.78 is 5.28. The molecule has 0 aliphatic carbocycles. The van der Waals surface area contributed by atoms with E-state index in [4.69, 9.17) is 10.00 Å². The van der Waals surface area contributed by atoms with Gasteiger partial charge in [-0.3, -0.25) is 0 Å². The first-order chi connectivity index (χ1) is 7.33. The number of nitriles is 1. The van der Waals surface area contributed by atoms with Crippen molar-refractivity contribution >= 4 is 6.09 Å². The zero-order valence-corrected chi connectivity index (χ0v) is 10.4. The molecule has 0 radical (unpaired) electrons. The molecule has 1 heterocycles. The number of amides is 1. The van der Waals surface area contributed by atoms with Crippen LogP contribution in [-0.2, 0) is 4.74 Å². The van der Waals surface area contributed by atoms with Gasteiger partial charge < -0.3 is 14.5 Å². The molecule has 5 nitrogen and oxygen atoms in total. The minimum atomic E-state index is -0.466. The summed E-state index contributed by atoms with van der Waals surface area (Å²) in [6, 6.07) is 0.0614. The highest BCUT2D eigenvalue weighted by Gasteiger charge is 2.29. The number of piperazine rings is 1. The molecule has 1 amide bonds. The van der Waals surface area contributed by atoms with E-state index < -0.39 is 5.60 Å². The Balaban J connectivity index is 2.52. The largest absolute Gasteiger partial charge is 0.444 e. The maximum Gasteiger partial charge on any atom is 0.410 e. The lowest BCUT2D eigenvalue weighted by Crippen LogP contribution is -2.52. The van der Waals surface area contributed by atoms with Crippen LogP contribution in [0.3, 0.4) is 0 Å². The Labute approximate surface area is 96.6 Å². The highest BCUT2D eigenvalue weighted by atomic mass is 16.6. The molecule has 1 unspecified atom stereocenters. The fraction of sp³-hybridized carbons (Fsp3) is 0.818. The van der Waals surface area contributed by atoms with Crippen LogP contribution in [-0.4, -0.2) is 47.2 Å². The highest BCUT2D eigenvalue weighted by molar-refractivity contribution is 5.68. The van der Waals surface area contributed by atoms with E-state index in [-0.39, 0.29) is 12.1 Å². The number of rotatable bonds is 0. The van der Waals surface area contributed by atoms with Crippen LogP contribution in [0.1, 0.15) is 27.7 Å². The Morgan fingerprint density at radius 1 is 1.44 bits per heavy atom. The van der Waals surface area contributed by atoms with Crippen molar-refractivity contribution in [2.75, 3.05) is 19.6 Å². The third-order valence-corrected chi connectivity index (χ3v) is 2.41. The number of carbonyl (C=O) groups excluding carboxylic acids is 1. The molecule has 1 fully saturated rings. The molecule has 1 aliphatic heterocycles. The zero-order valence-electron chi connectivity index (χ0n) is 10.4. The van der Waals surface area contributed by atoms with Crippen LogP contribution in [0.4, 0.5) is 4.79 Å². The minimum absolute atomic E-state index is 0.0614. The fourth-order valence-electron chi connectivity index (χ4n) is 1.60. The van der Waals surface area contributed by atoms with Crippen molar-refractivity contribution in [3.63, 3.8) is 0 Å². The minimum Gasteiger partial charge on any atom is -0.444 e. The Kier molecular flexibility index (Phi) is 3.63. The predicted molar refractivity (Wildman–Crippen MR) is 59.6 cm³/mol. The van der Waals surface area contributed by atoms with Crippen LogP contribution in [0, 0.1) is 11.5 Å². The van der Waals surface area contributed by atoms with Gasteiger partial charge in [0.1, 0.15) is 5.60 Å². The van der Waals surface area contributed by atoms with E-state index in [0.717, 1.165) is 0 Å². The summed E-state index contributed by atoms with van der Waals surface area (Å²) in [4.78, 5) is 15.1. The number of nitrogens with zero attached hydrogens (tertiary/aromatic N) is 3. The van der Waals surface area contributed by atoms with Crippen molar-refractivity contribution in [3.8, 4) is 6.19 Å². The average Bonchev–Trinajstić information content (AvgIpc) is 2.15. The number of hydrogen-bond donors (Lipinski definition) is 0. The maximum atomic E-state index is 11.8. The number of hydrogen-bond acceptors (Lipinski definition) is 4. The van der Waals surface area contributed by atoms with Crippen molar-refractivity contribution in [1.82, 2.24) is 9.80 Å². The summed E-state index contributed by atoms with van der Waals surface area (Å²) >= 11 is 0. The Bertz CT molecular complexity index is 303. The van der Waals surface area contributed by atoms with Gasteiger partial charge in [0, 0.05) is 19.6 Å². The number of ether oxygens (including phenoxy) is 1. The molecule has 90 valence electrons. The second-order valence-electron chi connectivity index (χ2n) is 5.07. The van der Waals surface area contributed by atoms with Gasteiger partial charge in [-0.2, -0.15) is 5.26 Å². The van der Waals surface area contributed by atoms with Gasteiger partial charge in [0.2, 0.25) is 0 Å². The van der Waals surface area contributed by atoms with E-state index in [1.165, 1.54) is 0 Å². The smallest absolute Gasteiger partial charge is 0.410 e. The van der Waals surface area contributed by atoms with E-state index in [0.29, 0.717) is 19.6 Å². The quantitative estimate of drug-likeness (QED) is 0.585. The first-order valence-electron chi connectivity index (χ1n) is 5.48. The molecule has 1 rings (SSSR count). The summed E-state index contributed by atoms with van der Waals surface area (Å²) in [6.45, 7) is 9.14. The molecule has 1 saturated heterocycles. The van der Waals surface area contributed by atoms with Gasteiger partial charge in [0.15, 0.2) is 6.19 Å². The van der Waals surface area contributed by atoms with E-state index in [9.17, 15) is 4.79 Å². The lowest BCUT2D eigenvalue weighted by Gasteiger charge is -2.37. The molecule has 5 heteroatoms. The molecular weight excluding hydrogens is 206 g/mol. The molecule has 0 aromatic rings. The average molecular weight is 225 g/mol. The normalized spacial score (nSPS) is 21.6. The van der Waals surface area contributed by atoms with Crippen LogP contribution < -0.4 is 0 Å². The van der Waals surface area contributed by atoms with E-state index in [1.54, 1.807) is 9.80 Å². The van der Waals surface area contributed by atoms with Crippen LogP contribution in [0.5, 0.6) is 0 Å². The first-order valence-corrected chi connectivity index (χ1v) is 5.48. The maximum absolute atomic E-state index is 11.8. The zero-order chi connectivity index (χ0) is 12.3. The Morgan fingerprint density at radius 3 is 2.50 bits per heavy atom. The standard InChI is InChI=1S/C11H19N3O2/c1-9-7-13(5-6-14(9)8-12)10(15)16-11(2,3)4/h9H,5-7H2,1-4H3. The van der Waals surface area contributed by atoms with Crippen LogP contribution in [0.15, 0.2) is 0 Å². The predicted octanol–water partition coefficient (Wildman–Crippen LogP) is 1.41. The lowest BCUT2D eigenvalue weighted by atomic mass is 10.2.